The van der Waals surface area contributed by atoms with Crippen molar-refractivity contribution in [1.82, 2.24) is 9.80 Å². The molecular formula is C14H19IN2O3. The molecule has 110 valence electrons. The van der Waals surface area contributed by atoms with Gasteiger partial charge in [-0.25, -0.2) is 0 Å². The van der Waals surface area contributed by atoms with E-state index in [2.05, 4.69) is 0 Å². The Morgan fingerprint density at radius 3 is 2.80 bits per heavy atom. The van der Waals surface area contributed by atoms with Crippen LogP contribution in [0, 0.1) is 3.57 Å². The van der Waals surface area contributed by atoms with Gasteiger partial charge in [0.2, 0.25) is 0 Å². The predicted octanol–water partition coefficient (Wildman–Crippen LogP) is 1.13. The van der Waals surface area contributed by atoms with Gasteiger partial charge in [-0.3, -0.25) is 4.79 Å². The van der Waals surface area contributed by atoms with E-state index in [0.717, 1.165) is 6.54 Å². The SMILES string of the molecule is CN(C)CC1CC(O)CN1C(=O)c1ccc(I)c(O)c1. The van der Waals surface area contributed by atoms with Crippen LogP contribution in [0.1, 0.15) is 16.8 Å². The smallest absolute Gasteiger partial charge is 0.254 e. The van der Waals surface area contributed by atoms with Crippen LogP contribution in [0.2, 0.25) is 0 Å². The number of hydrogen-bond donors (Lipinski definition) is 2. The molecule has 0 aliphatic carbocycles. The minimum atomic E-state index is -0.471. The lowest BCUT2D eigenvalue weighted by molar-refractivity contribution is 0.0698. The topological polar surface area (TPSA) is 64.0 Å². The molecule has 0 aromatic heterocycles. The normalized spacial score (nSPS) is 22.6. The van der Waals surface area contributed by atoms with Crippen LogP contribution in [0.4, 0.5) is 0 Å². The molecule has 20 heavy (non-hydrogen) atoms. The summed E-state index contributed by atoms with van der Waals surface area (Å²) in [5.41, 5.74) is 0.459. The summed E-state index contributed by atoms with van der Waals surface area (Å²) in [5.74, 6) is -0.0274. The second-order valence-corrected chi connectivity index (χ2v) is 6.59. The molecule has 1 heterocycles. The predicted molar refractivity (Wildman–Crippen MR) is 84.8 cm³/mol. The summed E-state index contributed by atoms with van der Waals surface area (Å²) < 4.78 is 0.713. The van der Waals surface area contributed by atoms with Gasteiger partial charge in [-0.1, -0.05) is 0 Å². The molecule has 1 aliphatic heterocycles. The monoisotopic (exact) mass is 390 g/mol. The molecule has 1 aromatic rings. The maximum atomic E-state index is 12.5. The summed E-state index contributed by atoms with van der Waals surface area (Å²) in [7, 11) is 3.90. The molecule has 0 bridgehead atoms. The van der Waals surface area contributed by atoms with Gasteiger partial charge in [0.25, 0.3) is 5.91 Å². The van der Waals surface area contributed by atoms with E-state index in [0.29, 0.717) is 22.1 Å². The van der Waals surface area contributed by atoms with E-state index in [9.17, 15) is 15.0 Å². The van der Waals surface area contributed by atoms with Crippen LogP contribution in [-0.4, -0.2) is 65.3 Å². The highest BCUT2D eigenvalue weighted by molar-refractivity contribution is 14.1. The number of phenolic OH excluding ortho intramolecular Hbond substituents is 1. The van der Waals surface area contributed by atoms with Gasteiger partial charge in [0.15, 0.2) is 0 Å². The minimum Gasteiger partial charge on any atom is -0.507 e. The molecule has 1 aliphatic rings. The molecule has 2 N–H and O–H groups in total. The fourth-order valence-corrected chi connectivity index (χ4v) is 2.88. The lowest BCUT2D eigenvalue weighted by atomic mass is 10.1. The van der Waals surface area contributed by atoms with Crippen molar-refractivity contribution in [2.75, 3.05) is 27.2 Å². The highest BCUT2D eigenvalue weighted by atomic mass is 127. The third-order valence-electron chi connectivity index (χ3n) is 3.42. The summed E-state index contributed by atoms with van der Waals surface area (Å²) in [6.07, 6.45) is 0.127. The number of carbonyl (C=O) groups is 1. The standard InChI is InChI=1S/C14H19IN2O3/c1-16(2)7-10-6-11(18)8-17(10)14(20)9-3-4-12(15)13(19)5-9/h3-5,10-11,18-19H,6-8H2,1-2H3. The quantitative estimate of drug-likeness (QED) is 0.760. The number of likely N-dealkylation sites (N-methyl/N-ethyl adjacent to an activating group) is 1. The Labute approximate surface area is 132 Å². The highest BCUT2D eigenvalue weighted by Gasteiger charge is 2.35. The molecule has 6 heteroatoms. The number of aliphatic hydroxyl groups is 1. The number of benzene rings is 1. The van der Waals surface area contributed by atoms with Crippen molar-refractivity contribution in [2.24, 2.45) is 0 Å². The number of nitrogens with zero attached hydrogens (tertiary/aromatic N) is 2. The van der Waals surface area contributed by atoms with Crippen molar-refractivity contribution in [2.45, 2.75) is 18.6 Å². The van der Waals surface area contributed by atoms with Crippen LogP contribution in [0.5, 0.6) is 5.75 Å². The van der Waals surface area contributed by atoms with E-state index in [1.807, 2.05) is 41.6 Å². The summed E-state index contributed by atoms with van der Waals surface area (Å²) in [4.78, 5) is 16.2. The van der Waals surface area contributed by atoms with Crippen LogP contribution >= 0.6 is 22.6 Å². The molecule has 5 nitrogen and oxygen atoms in total. The largest absolute Gasteiger partial charge is 0.507 e. The Morgan fingerprint density at radius 2 is 2.20 bits per heavy atom. The number of hydrogen-bond acceptors (Lipinski definition) is 4. The van der Waals surface area contributed by atoms with Crippen LogP contribution < -0.4 is 0 Å². The van der Waals surface area contributed by atoms with Gasteiger partial charge >= 0.3 is 0 Å². The van der Waals surface area contributed by atoms with E-state index >= 15 is 0 Å². The van der Waals surface area contributed by atoms with Gasteiger partial charge in [0.1, 0.15) is 5.75 Å². The molecular weight excluding hydrogens is 371 g/mol. The lowest BCUT2D eigenvalue weighted by Crippen LogP contribution is -2.41. The van der Waals surface area contributed by atoms with Gasteiger partial charge in [0.05, 0.1) is 9.67 Å². The molecule has 0 saturated carbocycles. The van der Waals surface area contributed by atoms with Crippen LogP contribution in [0.25, 0.3) is 0 Å². The first-order chi connectivity index (χ1) is 9.38. The van der Waals surface area contributed by atoms with Crippen LogP contribution in [0.3, 0.4) is 0 Å². The minimum absolute atomic E-state index is 0.00826. The zero-order valence-corrected chi connectivity index (χ0v) is 13.7. The van der Waals surface area contributed by atoms with E-state index < -0.39 is 6.10 Å². The zero-order valence-electron chi connectivity index (χ0n) is 11.6. The average Bonchev–Trinajstić information content (AvgIpc) is 2.72. The summed E-state index contributed by atoms with van der Waals surface area (Å²) in [5, 5.41) is 19.5. The lowest BCUT2D eigenvalue weighted by Gasteiger charge is -2.27. The molecule has 2 atom stereocenters. The first kappa shape index (κ1) is 15.5. The molecule has 0 spiro atoms. The van der Waals surface area contributed by atoms with Crippen molar-refractivity contribution < 1.29 is 15.0 Å². The van der Waals surface area contributed by atoms with Crippen molar-refractivity contribution in [1.29, 1.82) is 0 Å². The fourth-order valence-electron chi connectivity index (χ4n) is 2.55. The third kappa shape index (κ3) is 3.42. The van der Waals surface area contributed by atoms with Gasteiger partial charge in [0, 0.05) is 24.7 Å². The number of carbonyl (C=O) groups excluding carboxylic acids is 1. The van der Waals surface area contributed by atoms with E-state index in [4.69, 9.17) is 0 Å². The summed E-state index contributed by atoms with van der Waals surface area (Å²) in [6, 6.07) is 4.92. The number of halogens is 1. The zero-order chi connectivity index (χ0) is 14.9. The van der Waals surface area contributed by atoms with Gasteiger partial charge in [-0.05, 0) is 61.3 Å². The van der Waals surface area contributed by atoms with Crippen LogP contribution in [0.15, 0.2) is 18.2 Å². The Bertz CT molecular complexity index is 507. The molecule has 1 saturated heterocycles. The first-order valence-corrected chi connectivity index (χ1v) is 7.58. The number of phenols is 1. The van der Waals surface area contributed by atoms with E-state index in [1.54, 1.807) is 17.0 Å². The number of rotatable bonds is 3. The number of aromatic hydroxyl groups is 1. The van der Waals surface area contributed by atoms with E-state index in [1.165, 1.54) is 6.07 Å². The van der Waals surface area contributed by atoms with E-state index in [-0.39, 0.29) is 17.7 Å². The maximum absolute atomic E-state index is 12.5. The van der Waals surface area contributed by atoms with Crippen LogP contribution in [-0.2, 0) is 0 Å². The third-order valence-corrected chi connectivity index (χ3v) is 4.33. The average molecular weight is 390 g/mol. The number of β-amino-alcohol motifs (C(OH)–C–C–N with tert-alkyl or cyclic N) is 1. The molecule has 1 fully saturated rings. The Hall–Kier alpha value is -0.860. The number of likely N-dealkylation sites (tertiary alicyclic amines) is 1. The Balaban J connectivity index is 2.19. The Kier molecular flexibility index (Phi) is 4.87. The molecule has 2 unspecified atom stereocenters. The highest BCUT2D eigenvalue weighted by Crippen LogP contribution is 2.25. The van der Waals surface area contributed by atoms with Gasteiger partial charge in [-0.15, -0.1) is 0 Å². The molecule has 0 radical (unpaired) electrons. The van der Waals surface area contributed by atoms with Gasteiger partial charge < -0.3 is 20.0 Å². The van der Waals surface area contributed by atoms with Crippen molar-refractivity contribution >= 4 is 28.5 Å². The van der Waals surface area contributed by atoms with Crippen molar-refractivity contribution in [3.8, 4) is 5.75 Å². The van der Waals surface area contributed by atoms with Crippen molar-refractivity contribution in [3.63, 3.8) is 0 Å². The summed E-state index contributed by atoms with van der Waals surface area (Å²) >= 11 is 2.01. The van der Waals surface area contributed by atoms with Gasteiger partial charge in [-0.2, -0.15) is 0 Å². The molecule has 2 rings (SSSR count). The first-order valence-electron chi connectivity index (χ1n) is 6.50. The molecule has 1 aromatic carbocycles. The Morgan fingerprint density at radius 1 is 1.50 bits per heavy atom. The molecule has 1 amide bonds. The van der Waals surface area contributed by atoms with Crippen molar-refractivity contribution in [3.05, 3.63) is 27.3 Å². The summed E-state index contributed by atoms with van der Waals surface area (Å²) in [6.45, 7) is 1.07. The fraction of sp³-hybridized carbons (Fsp3) is 0.500. The maximum Gasteiger partial charge on any atom is 0.254 e. The second-order valence-electron chi connectivity index (χ2n) is 5.43. The number of amides is 1. The number of aliphatic hydroxyl groups excluding tert-OH is 1. The second kappa shape index (κ2) is 6.28.